The van der Waals surface area contributed by atoms with E-state index >= 15 is 0 Å². The van der Waals surface area contributed by atoms with Gasteiger partial charge in [0.1, 0.15) is 12.1 Å². The summed E-state index contributed by atoms with van der Waals surface area (Å²) in [7, 11) is 0. The SMILES string of the molecule is CCCCOC(=O)C(NC(=O)C(NC(C)=O)C(C)CC)C(C)C. The molecule has 3 unspecified atom stereocenters. The highest BCUT2D eigenvalue weighted by molar-refractivity contribution is 5.90. The van der Waals surface area contributed by atoms with Crippen LogP contribution in [-0.4, -0.2) is 36.5 Å². The van der Waals surface area contributed by atoms with E-state index in [0.29, 0.717) is 6.61 Å². The third-order valence-corrected chi connectivity index (χ3v) is 3.81. The monoisotopic (exact) mass is 328 g/mol. The maximum Gasteiger partial charge on any atom is 0.328 e. The van der Waals surface area contributed by atoms with Gasteiger partial charge in [0.25, 0.3) is 0 Å². The molecule has 2 N–H and O–H groups in total. The van der Waals surface area contributed by atoms with Crippen LogP contribution in [0.1, 0.15) is 60.8 Å². The summed E-state index contributed by atoms with van der Waals surface area (Å²) in [5.41, 5.74) is 0. The van der Waals surface area contributed by atoms with Crippen LogP contribution in [0.4, 0.5) is 0 Å². The molecular formula is C17H32N2O4. The van der Waals surface area contributed by atoms with Crippen LogP contribution in [0, 0.1) is 11.8 Å². The molecule has 3 atom stereocenters. The topological polar surface area (TPSA) is 84.5 Å². The van der Waals surface area contributed by atoms with Crippen LogP contribution in [0.3, 0.4) is 0 Å². The molecule has 0 spiro atoms. The molecule has 6 heteroatoms. The second-order valence-electron chi connectivity index (χ2n) is 6.32. The van der Waals surface area contributed by atoms with Crippen LogP contribution in [0.25, 0.3) is 0 Å². The molecule has 0 aromatic carbocycles. The number of hydrogen-bond donors (Lipinski definition) is 2. The van der Waals surface area contributed by atoms with E-state index in [-0.39, 0.29) is 23.7 Å². The van der Waals surface area contributed by atoms with Crippen molar-refractivity contribution in [3.05, 3.63) is 0 Å². The lowest BCUT2D eigenvalue weighted by molar-refractivity contribution is -0.149. The van der Waals surface area contributed by atoms with E-state index in [4.69, 9.17) is 4.74 Å². The van der Waals surface area contributed by atoms with Gasteiger partial charge in [-0.3, -0.25) is 9.59 Å². The van der Waals surface area contributed by atoms with Crippen LogP contribution in [0.15, 0.2) is 0 Å². The molecule has 0 fully saturated rings. The molecule has 0 aliphatic heterocycles. The van der Waals surface area contributed by atoms with Gasteiger partial charge in [0.05, 0.1) is 6.61 Å². The summed E-state index contributed by atoms with van der Waals surface area (Å²) in [6.07, 6.45) is 2.47. The van der Waals surface area contributed by atoms with Crippen molar-refractivity contribution in [1.29, 1.82) is 0 Å². The lowest BCUT2D eigenvalue weighted by Gasteiger charge is -2.27. The van der Waals surface area contributed by atoms with Crippen LogP contribution in [0.2, 0.25) is 0 Å². The Bertz CT molecular complexity index is 396. The molecule has 0 aliphatic rings. The molecule has 0 radical (unpaired) electrons. The molecule has 0 rings (SSSR count). The first-order chi connectivity index (χ1) is 10.7. The number of unbranched alkanes of at least 4 members (excludes halogenated alkanes) is 1. The standard InChI is InChI=1S/C17H32N2O4/c1-7-9-10-23-17(22)14(11(3)4)19-16(21)15(12(5)8-2)18-13(6)20/h11-12,14-15H,7-10H2,1-6H3,(H,18,20)(H,19,21). The van der Waals surface area contributed by atoms with Gasteiger partial charge in [0.2, 0.25) is 11.8 Å². The van der Waals surface area contributed by atoms with E-state index in [9.17, 15) is 14.4 Å². The maximum atomic E-state index is 12.5. The van der Waals surface area contributed by atoms with E-state index in [1.165, 1.54) is 6.92 Å². The number of esters is 1. The highest BCUT2D eigenvalue weighted by atomic mass is 16.5. The number of carbonyl (C=O) groups is 3. The molecule has 0 aromatic rings. The van der Waals surface area contributed by atoms with Gasteiger partial charge in [-0.1, -0.05) is 47.5 Å². The second kappa shape index (κ2) is 11.0. The van der Waals surface area contributed by atoms with E-state index < -0.39 is 18.1 Å². The largest absolute Gasteiger partial charge is 0.464 e. The molecule has 0 aliphatic carbocycles. The van der Waals surface area contributed by atoms with Crippen molar-refractivity contribution >= 4 is 17.8 Å². The fraction of sp³-hybridized carbons (Fsp3) is 0.824. The van der Waals surface area contributed by atoms with Gasteiger partial charge in [0, 0.05) is 6.92 Å². The molecule has 2 amide bonds. The minimum absolute atomic E-state index is 0.0252. The Labute approximate surface area is 139 Å². The number of carbonyl (C=O) groups excluding carboxylic acids is 3. The van der Waals surface area contributed by atoms with Crippen LogP contribution in [-0.2, 0) is 19.1 Å². The Morgan fingerprint density at radius 1 is 1.00 bits per heavy atom. The molecule has 0 bridgehead atoms. The fourth-order valence-electron chi connectivity index (χ4n) is 2.07. The smallest absolute Gasteiger partial charge is 0.328 e. The molecule has 6 nitrogen and oxygen atoms in total. The summed E-state index contributed by atoms with van der Waals surface area (Å²) >= 11 is 0. The van der Waals surface area contributed by atoms with Crippen molar-refractivity contribution in [2.24, 2.45) is 11.8 Å². The van der Waals surface area contributed by atoms with E-state index in [0.717, 1.165) is 19.3 Å². The Morgan fingerprint density at radius 2 is 1.61 bits per heavy atom. The average Bonchev–Trinajstić information content (AvgIpc) is 2.48. The van der Waals surface area contributed by atoms with Crippen molar-refractivity contribution in [1.82, 2.24) is 10.6 Å². The van der Waals surface area contributed by atoms with Gasteiger partial charge in [-0.25, -0.2) is 4.79 Å². The minimum Gasteiger partial charge on any atom is -0.464 e. The Kier molecular flexibility index (Phi) is 10.3. The third kappa shape index (κ3) is 8.00. The summed E-state index contributed by atoms with van der Waals surface area (Å²) < 4.78 is 5.21. The zero-order valence-electron chi connectivity index (χ0n) is 15.3. The van der Waals surface area contributed by atoms with Crippen molar-refractivity contribution in [3.8, 4) is 0 Å². The summed E-state index contributed by atoms with van der Waals surface area (Å²) in [6, 6.07) is -1.36. The molecule has 23 heavy (non-hydrogen) atoms. The third-order valence-electron chi connectivity index (χ3n) is 3.81. The number of hydrogen-bond acceptors (Lipinski definition) is 4. The van der Waals surface area contributed by atoms with Gasteiger partial charge >= 0.3 is 5.97 Å². The predicted molar refractivity (Wildman–Crippen MR) is 89.7 cm³/mol. The Morgan fingerprint density at radius 3 is 2.04 bits per heavy atom. The average molecular weight is 328 g/mol. The summed E-state index contributed by atoms with van der Waals surface area (Å²) in [5, 5.41) is 5.40. The Hall–Kier alpha value is -1.59. The van der Waals surface area contributed by atoms with Gasteiger partial charge in [-0.2, -0.15) is 0 Å². The van der Waals surface area contributed by atoms with Gasteiger partial charge in [-0.15, -0.1) is 0 Å². The van der Waals surface area contributed by atoms with E-state index in [2.05, 4.69) is 10.6 Å². The number of rotatable bonds is 10. The van der Waals surface area contributed by atoms with Crippen LogP contribution < -0.4 is 10.6 Å². The lowest BCUT2D eigenvalue weighted by Crippen LogP contribution is -2.55. The highest BCUT2D eigenvalue weighted by Crippen LogP contribution is 2.11. The van der Waals surface area contributed by atoms with Gasteiger partial charge < -0.3 is 15.4 Å². The van der Waals surface area contributed by atoms with Crippen LogP contribution >= 0.6 is 0 Å². The summed E-state index contributed by atoms with van der Waals surface area (Å²) in [4.78, 5) is 36.0. The van der Waals surface area contributed by atoms with Crippen molar-refractivity contribution in [3.63, 3.8) is 0 Å². The zero-order chi connectivity index (χ0) is 18.0. The molecule has 0 saturated carbocycles. The van der Waals surface area contributed by atoms with Gasteiger partial charge in [0.15, 0.2) is 0 Å². The predicted octanol–water partition coefficient (Wildman–Crippen LogP) is 2.02. The van der Waals surface area contributed by atoms with E-state index in [1.54, 1.807) is 0 Å². The summed E-state index contributed by atoms with van der Waals surface area (Å²) in [6.45, 7) is 11.3. The Balaban J connectivity index is 4.91. The first-order valence-corrected chi connectivity index (χ1v) is 8.48. The number of ether oxygens (including phenoxy) is 1. The number of nitrogens with one attached hydrogen (secondary N) is 2. The first kappa shape index (κ1) is 21.4. The number of amides is 2. The van der Waals surface area contributed by atoms with Crippen molar-refractivity contribution in [2.45, 2.75) is 72.9 Å². The normalized spacial score (nSPS) is 14.7. The fourth-order valence-corrected chi connectivity index (χ4v) is 2.07. The second-order valence-corrected chi connectivity index (χ2v) is 6.32. The first-order valence-electron chi connectivity index (χ1n) is 8.48. The van der Waals surface area contributed by atoms with Crippen molar-refractivity contribution < 1.29 is 19.1 Å². The minimum atomic E-state index is -0.709. The van der Waals surface area contributed by atoms with Gasteiger partial charge in [-0.05, 0) is 18.3 Å². The van der Waals surface area contributed by atoms with E-state index in [1.807, 2.05) is 34.6 Å². The highest BCUT2D eigenvalue weighted by Gasteiger charge is 2.31. The molecular weight excluding hydrogens is 296 g/mol. The molecule has 134 valence electrons. The molecule has 0 aromatic heterocycles. The summed E-state index contributed by atoms with van der Waals surface area (Å²) in [5.74, 6) is -1.16. The quantitative estimate of drug-likeness (QED) is 0.475. The lowest BCUT2D eigenvalue weighted by atomic mass is 9.96. The molecule has 0 heterocycles. The maximum absolute atomic E-state index is 12.5. The van der Waals surface area contributed by atoms with Crippen molar-refractivity contribution in [2.75, 3.05) is 6.61 Å². The molecule has 0 saturated heterocycles. The zero-order valence-corrected chi connectivity index (χ0v) is 15.3. The van der Waals surface area contributed by atoms with Crippen LogP contribution in [0.5, 0.6) is 0 Å².